The maximum Gasteiger partial charge on any atom is 0.191 e. The number of rotatable bonds is 4. The fourth-order valence-electron chi connectivity index (χ4n) is 1.83. The first kappa shape index (κ1) is 17.7. The van der Waals surface area contributed by atoms with Gasteiger partial charge >= 0.3 is 0 Å². The van der Waals surface area contributed by atoms with Crippen molar-refractivity contribution in [1.29, 1.82) is 0 Å². The molecule has 1 saturated carbocycles. The van der Waals surface area contributed by atoms with Gasteiger partial charge < -0.3 is 10.6 Å². The fourth-order valence-corrected chi connectivity index (χ4v) is 2.07. The molecule has 2 N–H and O–H groups in total. The van der Waals surface area contributed by atoms with Crippen LogP contribution < -0.4 is 10.6 Å². The number of benzene rings is 1. The van der Waals surface area contributed by atoms with Crippen LogP contribution in [0.1, 0.15) is 25.8 Å². The van der Waals surface area contributed by atoms with E-state index < -0.39 is 0 Å². The lowest BCUT2D eigenvalue weighted by Crippen LogP contribution is -2.39. The van der Waals surface area contributed by atoms with Gasteiger partial charge in [0.15, 0.2) is 5.96 Å². The third kappa shape index (κ3) is 5.20. The molecule has 0 aromatic heterocycles. The normalized spacial score (nSPS) is 21.1. The molecule has 2 rings (SSSR count). The monoisotopic (exact) mass is 455 g/mol. The standard InChI is InChI=1S/C14H19BrFN3.HI/c1-3-17-14(19-13-6-9(13)2)18-8-10-4-5-11(15)12(16)7-10;/h4-5,7,9,13H,3,6,8H2,1-2H3,(H2,17,18,19);1H. The Bertz CT molecular complexity index is 481. The molecule has 2 atom stereocenters. The Morgan fingerprint density at radius 3 is 2.75 bits per heavy atom. The maximum absolute atomic E-state index is 13.4. The number of hydrogen-bond donors (Lipinski definition) is 2. The van der Waals surface area contributed by atoms with E-state index >= 15 is 0 Å². The van der Waals surface area contributed by atoms with Crippen LogP contribution in [0.25, 0.3) is 0 Å². The van der Waals surface area contributed by atoms with Gasteiger partial charge in [-0.2, -0.15) is 0 Å². The summed E-state index contributed by atoms with van der Waals surface area (Å²) in [4.78, 5) is 4.48. The summed E-state index contributed by atoms with van der Waals surface area (Å²) in [6.07, 6.45) is 1.19. The second-order valence-corrected chi connectivity index (χ2v) is 5.76. The molecule has 0 heterocycles. The lowest BCUT2D eigenvalue weighted by molar-refractivity contribution is 0.618. The molecule has 0 radical (unpaired) electrons. The van der Waals surface area contributed by atoms with Crippen LogP contribution in [0, 0.1) is 11.7 Å². The molecule has 2 unspecified atom stereocenters. The highest BCUT2D eigenvalue weighted by molar-refractivity contribution is 14.0. The Hall–Kier alpha value is -0.370. The summed E-state index contributed by atoms with van der Waals surface area (Å²) in [5.74, 6) is 1.27. The smallest absolute Gasteiger partial charge is 0.191 e. The van der Waals surface area contributed by atoms with Gasteiger partial charge in [-0.25, -0.2) is 9.38 Å². The summed E-state index contributed by atoms with van der Waals surface area (Å²) in [5.41, 5.74) is 0.863. The van der Waals surface area contributed by atoms with Gasteiger partial charge in [-0.3, -0.25) is 0 Å². The van der Waals surface area contributed by atoms with Crippen molar-refractivity contribution in [3.05, 3.63) is 34.1 Å². The second-order valence-electron chi connectivity index (χ2n) is 4.91. The van der Waals surface area contributed by atoms with Gasteiger partial charge in [-0.15, -0.1) is 24.0 Å². The molecule has 0 bridgehead atoms. The predicted octanol–water partition coefficient (Wildman–Crippen LogP) is 3.67. The number of aliphatic imine (C=N–C) groups is 1. The fraction of sp³-hybridized carbons (Fsp3) is 0.500. The average Bonchev–Trinajstić information content (AvgIpc) is 3.06. The van der Waals surface area contributed by atoms with Crippen molar-refractivity contribution in [1.82, 2.24) is 10.6 Å². The van der Waals surface area contributed by atoms with E-state index in [1.165, 1.54) is 12.5 Å². The Morgan fingerprint density at radius 2 is 2.20 bits per heavy atom. The van der Waals surface area contributed by atoms with Crippen LogP contribution in [0.3, 0.4) is 0 Å². The lowest BCUT2D eigenvalue weighted by atomic mass is 10.2. The average molecular weight is 456 g/mol. The number of nitrogens with zero attached hydrogens (tertiary/aromatic N) is 1. The Balaban J connectivity index is 0.00000200. The zero-order valence-corrected chi connectivity index (χ0v) is 15.5. The molecule has 1 aromatic rings. The molecule has 1 aromatic carbocycles. The summed E-state index contributed by atoms with van der Waals surface area (Å²) >= 11 is 3.15. The first-order valence-corrected chi connectivity index (χ1v) is 7.38. The van der Waals surface area contributed by atoms with E-state index in [2.05, 4.69) is 38.5 Å². The van der Waals surface area contributed by atoms with E-state index in [-0.39, 0.29) is 29.8 Å². The van der Waals surface area contributed by atoms with Crippen LogP contribution in [0.4, 0.5) is 4.39 Å². The Kier molecular flexibility index (Phi) is 7.22. The van der Waals surface area contributed by atoms with E-state index in [1.807, 2.05) is 13.0 Å². The van der Waals surface area contributed by atoms with Crippen LogP contribution in [0.2, 0.25) is 0 Å². The molecule has 20 heavy (non-hydrogen) atoms. The summed E-state index contributed by atoms with van der Waals surface area (Å²) < 4.78 is 13.9. The number of hydrogen-bond acceptors (Lipinski definition) is 1. The van der Waals surface area contributed by atoms with Gasteiger partial charge in [0.25, 0.3) is 0 Å². The predicted molar refractivity (Wildman–Crippen MR) is 95.0 cm³/mol. The van der Waals surface area contributed by atoms with Gasteiger partial charge in [0.2, 0.25) is 0 Å². The van der Waals surface area contributed by atoms with Crippen LogP contribution in [-0.2, 0) is 6.54 Å². The van der Waals surface area contributed by atoms with Gasteiger partial charge in [-0.1, -0.05) is 13.0 Å². The van der Waals surface area contributed by atoms with Gasteiger partial charge in [0, 0.05) is 12.6 Å². The molecule has 1 fully saturated rings. The van der Waals surface area contributed by atoms with Crippen molar-refractivity contribution in [2.24, 2.45) is 10.9 Å². The largest absolute Gasteiger partial charge is 0.357 e. The van der Waals surface area contributed by atoms with Crippen molar-refractivity contribution >= 4 is 45.9 Å². The van der Waals surface area contributed by atoms with Crippen molar-refractivity contribution in [3.8, 4) is 0 Å². The summed E-state index contributed by atoms with van der Waals surface area (Å²) in [6, 6.07) is 5.62. The number of guanidine groups is 1. The highest BCUT2D eigenvalue weighted by Crippen LogP contribution is 2.28. The third-order valence-electron chi connectivity index (χ3n) is 3.18. The minimum absolute atomic E-state index is 0. The zero-order valence-electron chi connectivity index (χ0n) is 11.6. The molecule has 0 spiro atoms. The van der Waals surface area contributed by atoms with E-state index in [0.717, 1.165) is 18.1 Å². The van der Waals surface area contributed by atoms with E-state index in [9.17, 15) is 4.39 Å². The molecule has 1 aliphatic carbocycles. The molecular weight excluding hydrogens is 436 g/mol. The zero-order chi connectivity index (χ0) is 13.8. The lowest BCUT2D eigenvalue weighted by Gasteiger charge is -2.10. The second kappa shape index (κ2) is 8.17. The first-order valence-electron chi connectivity index (χ1n) is 6.59. The van der Waals surface area contributed by atoms with Crippen molar-refractivity contribution in [2.45, 2.75) is 32.9 Å². The van der Waals surface area contributed by atoms with E-state index in [0.29, 0.717) is 23.0 Å². The molecule has 3 nitrogen and oxygen atoms in total. The SMILES string of the molecule is CCNC(=NCc1ccc(Br)c(F)c1)NC1CC1C.I. The highest BCUT2D eigenvalue weighted by Gasteiger charge is 2.33. The molecule has 0 amide bonds. The number of nitrogens with one attached hydrogen (secondary N) is 2. The quantitative estimate of drug-likeness (QED) is 0.413. The molecule has 0 saturated heterocycles. The minimum atomic E-state index is -0.249. The molecular formula is C14H20BrFIN3. The van der Waals surface area contributed by atoms with Crippen molar-refractivity contribution < 1.29 is 4.39 Å². The van der Waals surface area contributed by atoms with Crippen LogP contribution in [-0.4, -0.2) is 18.5 Å². The molecule has 6 heteroatoms. The maximum atomic E-state index is 13.4. The van der Waals surface area contributed by atoms with Crippen LogP contribution in [0.5, 0.6) is 0 Å². The molecule has 112 valence electrons. The van der Waals surface area contributed by atoms with Gasteiger partial charge in [0.1, 0.15) is 5.82 Å². The number of halogens is 3. The van der Waals surface area contributed by atoms with Gasteiger partial charge in [0.05, 0.1) is 11.0 Å². The highest BCUT2D eigenvalue weighted by atomic mass is 127. The summed E-state index contributed by atoms with van der Waals surface area (Å²) in [5, 5.41) is 6.58. The van der Waals surface area contributed by atoms with Gasteiger partial charge in [-0.05, 0) is 52.9 Å². The first-order chi connectivity index (χ1) is 9.10. The minimum Gasteiger partial charge on any atom is -0.357 e. The van der Waals surface area contributed by atoms with Crippen molar-refractivity contribution in [3.63, 3.8) is 0 Å². The van der Waals surface area contributed by atoms with E-state index in [1.54, 1.807) is 6.07 Å². The topological polar surface area (TPSA) is 36.4 Å². The molecule has 0 aliphatic heterocycles. The molecule has 1 aliphatic rings. The summed E-state index contributed by atoms with van der Waals surface area (Å²) in [6.45, 7) is 5.54. The summed E-state index contributed by atoms with van der Waals surface area (Å²) in [7, 11) is 0. The third-order valence-corrected chi connectivity index (χ3v) is 3.82. The van der Waals surface area contributed by atoms with Crippen LogP contribution in [0.15, 0.2) is 27.7 Å². The van der Waals surface area contributed by atoms with E-state index in [4.69, 9.17) is 0 Å². The Morgan fingerprint density at radius 1 is 1.50 bits per heavy atom. The van der Waals surface area contributed by atoms with Crippen molar-refractivity contribution in [2.75, 3.05) is 6.54 Å². The van der Waals surface area contributed by atoms with Crippen LogP contribution >= 0.6 is 39.9 Å². The Labute approximate surface area is 145 Å².